The fourth-order valence-electron chi connectivity index (χ4n) is 6.62. The zero-order valence-electron chi connectivity index (χ0n) is 26.3. The minimum absolute atomic E-state index is 0.380. The van der Waals surface area contributed by atoms with Crippen molar-refractivity contribution < 1.29 is 8.83 Å². The third kappa shape index (κ3) is 4.75. The largest absolute Gasteiger partial charge is 0.422 e. The van der Waals surface area contributed by atoms with Crippen molar-refractivity contribution in [3.05, 3.63) is 105 Å². The van der Waals surface area contributed by atoms with Crippen molar-refractivity contribution in [2.24, 2.45) is 0 Å². The Morgan fingerprint density at radius 1 is 0.523 bits per heavy atom. The van der Waals surface area contributed by atoms with Crippen molar-refractivity contribution in [2.45, 2.75) is 41.5 Å². The van der Waals surface area contributed by atoms with Gasteiger partial charge in [-0.15, -0.1) is 0 Å². The standard InChI is InChI=1S/C38H38N2O4/c1-7-39(8-2)25-15-17-27-23(5)35(37(41)43-33(27)21-25)31-19-20-32(30-14-12-11-13-29(30)31)36-24(6)28-18-16-26(40(9-3)10-4)22-34(28)44-38(36)42/h11-22H,7-10H2,1-6H3. The second-order valence-electron chi connectivity index (χ2n) is 11.2. The Balaban J connectivity index is 1.53. The van der Waals surface area contributed by atoms with Crippen molar-refractivity contribution in [1.29, 1.82) is 0 Å². The van der Waals surface area contributed by atoms with E-state index < -0.39 is 0 Å². The summed E-state index contributed by atoms with van der Waals surface area (Å²) in [4.78, 5) is 31.6. The summed E-state index contributed by atoms with van der Waals surface area (Å²) >= 11 is 0. The van der Waals surface area contributed by atoms with Gasteiger partial charge >= 0.3 is 11.3 Å². The zero-order valence-corrected chi connectivity index (χ0v) is 26.3. The lowest BCUT2D eigenvalue weighted by Crippen LogP contribution is -2.21. The highest BCUT2D eigenvalue weighted by Crippen LogP contribution is 2.39. The molecule has 0 bridgehead atoms. The summed E-state index contributed by atoms with van der Waals surface area (Å²) in [5.41, 5.74) is 6.80. The normalized spacial score (nSPS) is 11.5. The molecular weight excluding hydrogens is 548 g/mol. The Labute approximate surface area is 257 Å². The van der Waals surface area contributed by atoms with E-state index in [1.54, 1.807) is 0 Å². The molecule has 0 N–H and O–H groups in total. The first-order valence-electron chi connectivity index (χ1n) is 15.5. The second-order valence-corrected chi connectivity index (χ2v) is 11.2. The van der Waals surface area contributed by atoms with Crippen LogP contribution in [0.5, 0.6) is 0 Å². The van der Waals surface area contributed by atoms with E-state index in [1.807, 2.05) is 74.5 Å². The van der Waals surface area contributed by atoms with E-state index in [4.69, 9.17) is 8.83 Å². The van der Waals surface area contributed by atoms with Gasteiger partial charge in [0.25, 0.3) is 0 Å². The Hall–Kier alpha value is -4.84. The predicted octanol–water partition coefficient (Wildman–Crippen LogP) is 8.70. The van der Waals surface area contributed by atoms with Crippen LogP contribution in [0.2, 0.25) is 0 Å². The molecular formula is C38H38N2O4. The first kappa shape index (κ1) is 29.2. The Bertz CT molecular complexity index is 2000. The lowest BCUT2D eigenvalue weighted by molar-refractivity contribution is 0.562. The minimum Gasteiger partial charge on any atom is -0.422 e. The number of hydrogen-bond donors (Lipinski definition) is 0. The topological polar surface area (TPSA) is 66.9 Å². The monoisotopic (exact) mass is 586 g/mol. The summed E-state index contributed by atoms with van der Waals surface area (Å²) < 4.78 is 11.9. The maximum absolute atomic E-state index is 13.6. The molecule has 6 nitrogen and oxygen atoms in total. The predicted molar refractivity (Wildman–Crippen MR) is 183 cm³/mol. The van der Waals surface area contributed by atoms with E-state index in [0.717, 1.165) is 81.4 Å². The van der Waals surface area contributed by atoms with Crippen molar-refractivity contribution >= 4 is 44.1 Å². The highest BCUT2D eigenvalue weighted by molar-refractivity contribution is 6.07. The van der Waals surface area contributed by atoms with Gasteiger partial charge in [0, 0.05) is 60.5 Å². The van der Waals surface area contributed by atoms with Crippen LogP contribution in [0.3, 0.4) is 0 Å². The first-order valence-corrected chi connectivity index (χ1v) is 15.5. The van der Waals surface area contributed by atoms with E-state index in [0.29, 0.717) is 22.3 Å². The summed E-state index contributed by atoms with van der Waals surface area (Å²) in [6, 6.07) is 23.9. The van der Waals surface area contributed by atoms with Gasteiger partial charge < -0.3 is 18.6 Å². The smallest absolute Gasteiger partial charge is 0.344 e. The molecule has 0 aliphatic carbocycles. The molecule has 0 saturated carbocycles. The molecule has 6 rings (SSSR count). The molecule has 6 aromatic rings. The molecule has 0 saturated heterocycles. The number of hydrogen-bond acceptors (Lipinski definition) is 6. The Morgan fingerprint density at radius 3 is 1.27 bits per heavy atom. The third-order valence-corrected chi connectivity index (χ3v) is 9.02. The van der Waals surface area contributed by atoms with Crippen LogP contribution in [0.15, 0.2) is 91.2 Å². The van der Waals surface area contributed by atoms with Crippen molar-refractivity contribution in [3.63, 3.8) is 0 Å². The van der Waals surface area contributed by atoms with Crippen LogP contribution >= 0.6 is 0 Å². The van der Waals surface area contributed by atoms with Gasteiger partial charge in [-0.25, -0.2) is 9.59 Å². The number of benzene rings is 4. The molecule has 2 heterocycles. The second kappa shape index (κ2) is 11.7. The number of rotatable bonds is 8. The molecule has 0 amide bonds. The molecule has 0 aliphatic rings. The molecule has 0 unspecified atom stereocenters. The Morgan fingerprint density at radius 2 is 0.909 bits per heavy atom. The molecule has 4 aromatic carbocycles. The van der Waals surface area contributed by atoms with Crippen LogP contribution < -0.4 is 21.1 Å². The van der Waals surface area contributed by atoms with E-state index in [1.165, 1.54) is 0 Å². The fraction of sp³-hybridized carbons (Fsp3) is 0.263. The number of fused-ring (bicyclic) bond motifs is 3. The van der Waals surface area contributed by atoms with Crippen LogP contribution in [-0.4, -0.2) is 26.2 Å². The van der Waals surface area contributed by atoms with E-state index in [9.17, 15) is 9.59 Å². The van der Waals surface area contributed by atoms with Crippen LogP contribution in [0.1, 0.15) is 38.8 Å². The fourth-order valence-corrected chi connectivity index (χ4v) is 6.62. The summed E-state index contributed by atoms with van der Waals surface area (Å²) in [6.07, 6.45) is 0. The van der Waals surface area contributed by atoms with Gasteiger partial charge in [0.15, 0.2) is 0 Å². The van der Waals surface area contributed by atoms with Gasteiger partial charge in [-0.1, -0.05) is 36.4 Å². The summed E-state index contributed by atoms with van der Waals surface area (Å²) in [7, 11) is 0. The molecule has 0 atom stereocenters. The number of aryl methyl sites for hydroxylation is 2. The molecule has 6 heteroatoms. The van der Waals surface area contributed by atoms with Gasteiger partial charge in [-0.2, -0.15) is 0 Å². The molecule has 44 heavy (non-hydrogen) atoms. The summed E-state index contributed by atoms with van der Waals surface area (Å²) in [6.45, 7) is 15.9. The van der Waals surface area contributed by atoms with Crippen LogP contribution in [0.4, 0.5) is 11.4 Å². The van der Waals surface area contributed by atoms with Crippen LogP contribution in [0.25, 0.3) is 55.0 Å². The highest BCUT2D eigenvalue weighted by Gasteiger charge is 2.21. The summed E-state index contributed by atoms with van der Waals surface area (Å²) in [5, 5.41) is 3.54. The SMILES string of the molecule is CCN(CC)c1ccc2c(C)c(-c3ccc(-c4c(C)c5ccc(N(CC)CC)cc5oc4=O)c4ccccc34)c(=O)oc2c1. The van der Waals surface area contributed by atoms with E-state index >= 15 is 0 Å². The van der Waals surface area contributed by atoms with Gasteiger partial charge in [0.2, 0.25) is 0 Å². The Kier molecular flexibility index (Phi) is 7.76. The molecule has 224 valence electrons. The summed E-state index contributed by atoms with van der Waals surface area (Å²) in [5.74, 6) is 0. The van der Waals surface area contributed by atoms with Crippen LogP contribution in [0, 0.1) is 13.8 Å². The van der Waals surface area contributed by atoms with Crippen molar-refractivity contribution in [2.75, 3.05) is 36.0 Å². The van der Waals surface area contributed by atoms with Gasteiger partial charge in [0.1, 0.15) is 11.2 Å². The number of anilines is 2. The van der Waals surface area contributed by atoms with Crippen molar-refractivity contribution in [1.82, 2.24) is 0 Å². The lowest BCUT2D eigenvalue weighted by Gasteiger charge is -2.21. The molecule has 0 aliphatic heterocycles. The van der Waals surface area contributed by atoms with Crippen LogP contribution in [-0.2, 0) is 0 Å². The number of nitrogens with zero attached hydrogens (tertiary/aromatic N) is 2. The first-order chi connectivity index (χ1) is 21.3. The lowest BCUT2D eigenvalue weighted by atomic mass is 9.89. The van der Waals surface area contributed by atoms with E-state index in [2.05, 4.69) is 49.6 Å². The molecule has 0 radical (unpaired) electrons. The maximum Gasteiger partial charge on any atom is 0.344 e. The van der Waals surface area contributed by atoms with Gasteiger partial charge in [-0.05, 0) is 98.8 Å². The highest BCUT2D eigenvalue weighted by atomic mass is 16.4. The molecule has 2 aromatic heterocycles. The maximum atomic E-state index is 13.6. The molecule has 0 spiro atoms. The average molecular weight is 587 g/mol. The van der Waals surface area contributed by atoms with Gasteiger partial charge in [0.05, 0.1) is 11.1 Å². The third-order valence-electron chi connectivity index (χ3n) is 9.02. The van der Waals surface area contributed by atoms with E-state index in [-0.39, 0.29) is 11.3 Å². The minimum atomic E-state index is -0.380. The zero-order chi connectivity index (χ0) is 31.1. The quantitative estimate of drug-likeness (QED) is 0.166. The molecule has 0 fully saturated rings. The van der Waals surface area contributed by atoms with Gasteiger partial charge in [-0.3, -0.25) is 0 Å². The van der Waals surface area contributed by atoms with Crippen molar-refractivity contribution in [3.8, 4) is 22.3 Å². The average Bonchev–Trinajstić information content (AvgIpc) is 3.02.